The van der Waals surface area contributed by atoms with Gasteiger partial charge >= 0.3 is 5.97 Å². The number of aromatic hydroxyl groups is 1. The first kappa shape index (κ1) is 13.3. The van der Waals surface area contributed by atoms with Gasteiger partial charge in [-0.2, -0.15) is 0 Å². The fourth-order valence-electron chi connectivity index (χ4n) is 1.66. The van der Waals surface area contributed by atoms with Crippen LogP contribution in [0.15, 0.2) is 35.9 Å². The van der Waals surface area contributed by atoms with E-state index in [0.29, 0.717) is 6.42 Å². The molecule has 1 aromatic carbocycles. The Morgan fingerprint density at radius 2 is 1.94 bits per heavy atom. The Kier molecular flexibility index (Phi) is 4.76. The maximum Gasteiger partial charge on any atom is 0.306 e. The van der Waals surface area contributed by atoms with Crippen molar-refractivity contribution in [3.8, 4) is 5.75 Å². The lowest BCUT2D eigenvalue weighted by Gasteiger charge is -2.13. The summed E-state index contributed by atoms with van der Waals surface area (Å²) < 4.78 is 4.69. The van der Waals surface area contributed by atoms with E-state index in [9.17, 15) is 9.90 Å². The normalized spacial score (nSPS) is 11.7. The van der Waals surface area contributed by atoms with Gasteiger partial charge < -0.3 is 9.84 Å². The molecule has 0 fully saturated rings. The number of hydrogen-bond donors (Lipinski definition) is 1. The minimum absolute atomic E-state index is 0.00644. The zero-order valence-electron chi connectivity index (χ0n) is 10.4. The second-order valence-corrected chi connectivity index (χ2v) is 4.22. The molecule has 1 atom stereocenters. The molecule has 17 heavy (non-hydrogen) atoms. The smallest absolute Gasteiger partial charge is 0.306 e. The molecule has 0 saturated carbocycles. The van der Waals surface area contributed by atoms with Crippen LogP contribution in [0.4, 0.5) is 0 Å². The highest BCUT2D eigenvalue weighted by molar-refractivity contribution is 5.70. The molecule has 1 N–H and O–H groups in total. The van der Waals surface area contributed by atoms with Gasteiger partial charge in [-0.25, -0.2) is 0 Å². The predicted octanol–water partition coefficient (Wildman–Crippen LogP) is 3.01. The molecule has 1 aromatic rings. The summed E-state index contributed by atoms with van der Waals surface area (Å²) in [6.45, 7) is 3.98. The number of esters is 1. The molecule has 0 radical (unpaired) electrons. The van der Waals surface area contributed by atoms with E-state index in [2.05, 4.69) is 4.74 Å². The maximum absolute atomic E-state index is 11.3. The van der Waals surface area contributed by atoms with Crippen LogP contribution < -0.4 is 0 Å². The van der Waals surface area contributed by atoms with Crippen molar-refractivity contribution in [2.24, 2.45) is 0 Å². The number of carbonyl (C=O) groups is 1. The average molecular weight is 234 g/mol. The van der Waals surface area contributed by atoms with E-state index >= 15 is 0 Å². The third kappa shape index (κ3) is 4.31. The summed E-state index contributed by atoms with van der Waals surface area (Å²) in [6, 6.07) is 6.89. The van der Waals surface area contributed by atoms with Crippen molar-refractivity contribution in [2.45, 2.75) is 26.2 Å². The van der Waals surface area contributed by atoms with Gasteiger partial charge in [-0.1, -0.05) is 23.8 Å². The van der Waals surface area contributed by atoms with Gasteiger partial charge in [-0.05, 0) is 31.5 Å². The van der Waals surface area contributed by atoms with E-state index in [1.54, 1.807) is 12.1 Å². The highest BCUT2D eigenvalue weighted by Crippen LogP contribution is 2.24. The van der Waals surface area contributed by atoms with E-state index in [4.69, 9.17) is 0 Å². The summed E-state index contributed by atoms with van der Waals surface area (Å²) in [5, 5.41) is 9.24. The molecule has 0 aliphatic heterocycles. The van der Waals surface area contributed by atoms with Crippen molar-refractivity contribution in [3.63, 3.8) is 0 Å². The number of allylic oxidation sites excluding steroid dienone is 2. The van der Waals surface area contributed by atoms with Gasteiger partial charge in [0.2, 0.25) is 0 Å². The summed E-state index contributed by atoms with van der Waals surface area (Å²) in [5.41, 5.74) is 2.14. The van der Waals surface area contributed by atoms with Gasteiger partial charge in [0.1, 0.15) is 5.75 Å². The third-order valence-corrected chi connectivity index (χ3v) is 2.47. The molecular formula is C14H18O3. The van der Waals surface area contributed by atoms with Crippen LogP contribution in [0.25, 0.3) is 0 Å². The van der Waals surface area contributed by atoms with Crippen LogP contribution in [-0.2, 0) is 9.53 Å². The number of phenols is 1. The Labute approximate surface area is 102 Å². The van der Waals surface area contributed by atoms with Gasteiger partial charge in [0.05, 0.1) is 13.5 Å². The van der Waals surface area contributed by atoms with Crippen molar-refractivity contribution >= 4 is 5.97 Å². The first-order chi connectivity index (χ1) is 8.02. The fourth-order valence-corrected chi connectivity index (χ4v) is 1.66. The Balaban J connectivity index is 2.93. The minimum Gasteiger partial charge on any atom is -0.508 e. The molecule has 0 aromatic heterocycles. The Bertz CT molecular complexity index is 400. The topological polar surface area (TPSA) is 46.5 Å². The second kappa shape index (κ2) is 6.09. The van der Waals surface area contributed by atoms with Gasteiger partial charge in [0.15, 0.2) is 0 Å². The van der Waals surface area contributed by atoms with E-state index in [0.717, 1.165) is 11.1 Å². The standard InChI is InChI=1S/C14H18O3/c1-10(2)8-12(9-14(16)17-3)11-4-6-13(15)7-5-11/h4-8,12,15H,9H2,1-3H3/t12-/m1/s1. The lowest BCUT2D eigenvalue weighted by molar-refractivity contribution is -0.140. The summed E-state index contributed by atoms with van der Waals surface area (Å²) in [4.78, 5) is 11.3. The quantitative estimate of drug-likeness (QED) is 0.643. The number of ether oxygens (including phenoxy) is 1. The summed E-state index contributed by atoms with van der Waals surface area (Å²) in [5.74, 6) is -0.0172. The molecule has 0 bridgehead atoms. The summed E-state index contributed by atoms with van der Waals surface area (Å²) in [7, 11) is 1.39. The molecule has 0 unspecified atom stereocenters. The van der Waals surface area contributed by atoms with Crippen molar-refractivity contribution in [1.29, 1.82) is 0 Å². The molecule has 0 heterocycles. The molecule has 92 valence electrons. The molecular weight excluding hydrogens is 216 g/mol. The van der Waals surface area contributed by atoms with Crippen molar-refractivity contribution in [2.75, 3.05) is 7.11 Å². The summed E-state index contributed by atoms with van der Waals surface area (Å²) >= 11 is 0. The highest BCUT2D eigenvalue weighted by atomic mass is 16.5. The number of carbonyl (C=O) groups excluding carboxylic acids is 1. The number of hydrogen-bond acceptors (Lipinski definition) is 3. The zero-order valence-corrected chi connectivity index (χ0v) is 10.4. The first-order valence-corrected chi connectivity index (χ1v) is 5.53. The second-order valence-electron chi connectivity index (χ2n) is 4.22. The minimum atomic E-state index is -0.236. The number of methoxy groups -OCH3 is 1. The fraction of sp³-hybridized carbons (Fsp3) is 0.357. The Morgan fingerprint density at radius 1 is 1.35 bits per heavy atom. The SMILES string of the molecule is COC(=O)C[C@@H](C=C(C)C)c1ccc(O)cc1. The lowest BCUT2D eigenvalue weighted by atomic mass is 9.94. The van der Waals surface area contributed by atoms with Gasteiger partial charge in [0.25, 0.3) is 0 Å². The molecule has 0 spiro atoms. The Morgan fingerprint density at radius 3 is 2.41 bits per heavy atom. The van der Waals surface area contributed by atoms with Crippen LogP contribution >= 0.6 is 0 Å². The van der Waals surface area contributed by atoms with Crippen molar-refractivity contribution in [1.82, 2.24) is 0 Å². The number of phenolic OH excluding ortho intramolecular Hbond substituents is 1. The van der Waals surface area contributed by atoms with Crippen LogP contribution in [0.3, 0.4) is 0 Å². The predicted molar refractivity (Wildman–Crippen MR) is 66.9 cm³/mol. The van der Waals surface area contributed by atoms with Crippen LogP contribution in [0.1, 0.15) is 31.7 Å². The maximum atomic E-state index is 11.3. The molecule has 3 nitrogen and oxygen atoms in total. The van der Waals surface area contributed by atoms with Crippen molar-refractivity contribution < 1.29 is 14.6 Å². The van der Waals surface area contributed by atoms with E-state index in [-0.39, 0.29) is 17.6 Å². The highest BCUT2D eigenvalue weighted by Gasteiger charge is 2.14. The monoisotopic (exact) mass is 234 g/mol. The van der Waals surface area contributed by atoms with E-state index in [1.165, 1.54) is 7.11 Å². The number of rotatable bonds is 4. The van der Waals surface area contributed by atoms with Crippen LogP contribution in [0.5, 0.6) is 5.75 Å². The zero-order chi connectivity index (χ0) is 12.8. The van der Waals surface area contributed by atoms with Gasteiger partial charge in [-0.3, -0.25) is 4.79 Å². The average Bonchev–Trinajstić information content (AvgIpc) is 2.28. The molecule has 0 saturated heterocycles. The van der Waals surface area contributed by atoms with Crippen LogP contribution in [-0.4, -0.2) is 18.2 Å². The molecule has 0 aliphatic rings. The van der Waals surface area contributed by atoms with E-state index in [1.807, 2.05) is 32.1 Å². The van der Waals surface area contributed by atoms with Crippen molar-refractivity contribution in [3.05, 3.63) is 41.5 Å². The number of benzene rings is 1. The lowest BCUT2D eigenvalue weighted by Crippen LogP contribution is -2.07. The largest absolute Gasteiger partial charge is 0.508 e. The van der Waals surface area contributed by atoms with Gasteiger partial charge in [0, 0.05) is 5.92 Å². The van der Waals surface area contributed by atoms with Gasteiger partial charge in [-0.15, -0.1) is 0 Å². The first-order valence-electron chi connectivity index (χ1n) is 5.53. The molecule has 0 amide bonds. The molecule has 1 rings (SSSR count). The Hall–Kier alpha value is -1.77. The molecule has 0 aliphatic carbocycles. The summed E-state index contributed by atoms with van der Waals surface area (Å²) in [6.07, 6.45) is 2.34. The van der Waals surface area contributed by atoms with Crippen LogP contribution in [0.2, 0.25) is 0 Å². The van der Waals surface area contributed by atoms with E-state index < -0.39 is 0 Å². The van der Waals surface area contributed by atoms with Crippen LogP contribution in [0, 0.1) is 0 Å². The molecule has 3 heteroatoms. The third-order valence-electron chi connectivity index (χ3n) is 2.47.